The first-order valence-corrected chi connectivity index (χ1v) is 7.14. The lowest BCUT2D eigenvalue weighted by atomic mass is 10.2. The van der Waals surface area contributed by atoms with Crippen LogP contribution in [0.2, 0.25) is 0 Å². The number of nitrogen functional groups attached to an aromatic ring is 1. The Kier molecular flexibility index (Phi) is 4.86. The number of piperazine rings is 1. The number of likely N-dealkylation sites (N-methyl/N-ethyl adjacent to an activating group) is 1. The van der Waals surface area contributed by atoms with Crippen LogP contribution in [-0.4, -0.2) is 56.1 Å². The lowest BCUT2D eigenvalue weighted by Gasteiger charge is -2.32. The highest BCUT2D eigenvalue weighted by atomic mass is 79.9. The number of rotatable bonds is 4. The summed E-state index contributed by atoms with van der Waals surface area (Å²) in [5.74, 6) is 0. The molecule has 1 fully saturated rings. The molecule has 18 heavy (non-hydrogen) atoms. The van der Waals surface area contributed by atoms with E-state index in [0.29, 0.717) is 0 Å². The number of nitrogens with one attached hydrogen (secondary N) is 1. The molecule has 1 aromatic rings. The van der Waals surface area contributed by atoms with Crippen molar-refractivity contribution in [2.45, 2.75) is 0 Å². The molecule has 0 radical (unpaired) electrons. The van der Waals surface area contributed by atoms with Crippen LogP contribution in [0.3, 0.4) is 0 Å². The lowest BCUT2D eigenvalue weighted by Crippen LogP contribution is -2.45. The minimum Gasteiger partial charge on any atom is -0.397 e. The number of halogens is 1. The number of hydrogen-bond donors (Lipinski definition) is 2. The Morgan fingerprint density at radius 3 is 2.72 bits per heavy atom. The van der Waals surface area contributed by atoms with Crippen LogP contribution in [-0.2, 0) is 0 Å². The van der Waals surface area contributed by atoms with Crippen LogP contribution in [0.25, 0.3) is 0 Å². The fraction of sp³-hybridized carbons (Fsp3) is 0.538. The molecular formula is C13H21BrN4. The van der Waals surface area contributed by atoms with Gasteiger partial charge in [-0.15, -0.1) is 0 Å². The Labute approximate surface area is 117 Å². The Morgan fingerprint density at radius 2 is 2.00 bits per heavy atom. The van der Waals surface area contributed by atoms with Gasteiger partial charge in [0.1, 0.15) is 0 Å². The predicted molar refractivity (Wildman–Crippen MR) is 81.0 cm³/mol. The van der Waals surface area contributed by atoms with E-state index in [1.54, 1.807) is 0 Å². The summed E-state index contributed by atoms with van der Waals surface area (Å²) < 4.78 is 1.05. The number of anilines is 2. The molecule has 0 bridgehead atoms. The van der Waals surface area contributed by atoms with Crippen LogP contribution < -0.4 is 11.1 Å². The first-order chi connectivity index (χ1) is 8.65. The Balaban J connectivity index is 1.76. The molecule has 3 N–H and O–H groups in total. The van der Waals surface area contributed by atoms with Gasteiger partial charge in [0.15, 0.2) is 0 Å². The molecule has 100 valence electrons. The number of hydrogen-bond acceptors (Lipinski definition) is 4. The molecule has 5 heteroatoms. The van der Waals surface area contributed by atoms with Gasteiger partial charge >= 0.3 is 0 Å². The summed E-state index contributed by atoms with van der Waals surface area (Å²) in [5.41, 5.74) is 7.74. The molecule has 2 rings (SSSR count). The summed E-state index contributed by atoms with van der Waals surface area (Å²) in [6.45, 7) is 6.65. The third-order valence-electron chi connectivity index (χ3n) is 3.35. The molecule has 1 aliphatic heterocycles. The highest BCUT2D eigenvalue weighted by Gasteiger charge is 2.12. The molecule has 0 aromatic heterocycles. The van der Waals surface area contributed by atoms with Gasteiger partial charge in [0, 0.05) is 43.7 Å². The van der Waals surface area contributed by atoms with Crippen LogP contribution in [0.5, 0.6) is 0 Å². The average molecular weight is 313 g/mol. The molecule has 1 aliphatic rings. The highest BCUT2D eigenvalue weighted by Crippen LogP contribution is 2.22. The molecule has 1 aromatic carbocycles. The second-order valence-electron chi connectivity index (χ2n) is 4.80. The molecule has 0 atom stereocenters. The van der Waals surface area contributed by atoms with Crippen LogP contribution in [0, 0.1) is 0 Å². The van der Waals surface area contributed by atoms with E-state index in [2.05, 4.69) is 38.1 Å². The third kappa shape index (κ3) is 3.86. The summed E-state index contributed by atoms with van der Waals surface area (Å²) in [6, 6.07) is 5.91. The van der Waals surface area contributed by atoms with Crippen molar-refractivity contribution in [2.75, 3.05) is 57.4 Å². The molecule has 0 unspecified atom stereocenters. The normalized spacial score (nSPS) is 17.9. The van der Waals surface area contributed by atoms with Gasteiger partial charge < -0.3 is 16.0 Å². The summed E-state index contributed by atoms with van der Waals surface area (Å²) in [6.07, 6.45) is 0. The maximum Gasteiger partial charge on any atom is 0.0585 e. The van der Waals surface area contributed by atoms with Gasteiger partial charge in [-0.2, -0.15) is 0 Å². The number of nitrogens with zero attached hydrogens (tertiary/aromatic N) is 2. The molecule has 0 saturated carbocycles. The van der Waals surface area contributed by atoms with E-state index in [-0.39, 0.29) is 0 Å². The van der Waals surface area contributed by atoms with Crippen molar-refractivity contribution in [1.29, 1.82) is 0 Å². The van der Waals surface area contributed by atoms with E-state index in [1.165, 1.54) is 13.1 Å². The zero-order valence-corrected chi connectivity index (χ0v) is 12.4. The monoisotopic (exact) mass is 312 g/mol. The van der Waals surface area contributed by atoms with E-state index in [9.17, 15) is 0 Å². The standard InChI is InChI=1S/C13H21BrN4/c1-17-6-8-18(9-7-17)5-4-16-13-10-11(14)2-3-12(13)15/h2-3,10,16H,4-9,15H2,1H3. The Bertz CT molecular complexity index is 389. The first-order valence-electron chi connectivity index (χ1n) is 6.35. The Morgan fingerprint density at radius 1 is 1.28 bits per heavy atom. The molecule has 0 spiro atoms. The molecule has 0 amide bonds. The maximum absolute atomic E-state index is 5.92. The van der Waals surface area contributed by atoms with Gasteiger partial charge in [0.05, 0.1) is 11.4 Å². The van der Waals surface area contributed by atoms with Crippen LogP contribution in [0.4, 0.5) is 11.4 Å². The van der Waals surface area contributed by atoms with Gasteiger partial charge in [0.2, 0.25) is 0 Å². The molecule has 1 saturated heterocycles. The largest absolute Gasteiger partial charge is 0.397 e. The van der Waals surface area contributed by atoms with Crippen molar-refractivity contribution in [3.8, 4) is 0 Å². The van der Waals surface area contributed by atoms with Crippen molar-refractivity contribution >= 4 is 27.3 Å². The first kappa shape index (κ1) is 13.6. The van der Waals surface area contributed by atoms with Crippen LogP contribution >= 0.6 is 15.9 Å². The fourth-order valence-electron chi connectivity index (χ4n) is 2.10. The lowest BCUT2D eigenvalue weighted by molar-refractivity contribution is 0.158. The van der Waals surface area contributed by atoms with Crippen LogP contribution in [0.1, 0.15) is 0 Å². The van der Waals surface area contributed by atoms with Gasteiger partial charge in [0.25, 0.3) is 0 Å². The summed E-state index contributed by atoms with van der Waals surface area (Å²) in [5, 5.41) is 3.40. The average Bonchev–Trinajstić information content (AvgIpc) is 2.36. The SMILES string of the molecule is CN1CCN(CCNc2cc(Br)ccc2N)CC1. The smallest absolute Gasteiger partial charge is 0.0585 e. The number of nitrogens with two attached hydrogens (primary N) is 1. The zero-order chi connectivity index (χ0) is 13.0. The topological polar surface area (TPSA) is 44.5 Å². The summed E-state index contributed by atoms with van der Waals surface area (Å²) in [7, 11) is 2.18. The zero-order valence-electron chi connectivity index (χ0n) is 10.8. The maximum atomic E-state index is 5.92. The van der Waals surface area contributed by atoms with E-state index >= 15 is 0 Å². The summed E-state index contributed by atoms with van der Waals surface area (Å²) >= 11 is 3.46. The van der Waals surface area contributed by atoms with Gasteiger partial charge in [-0.25, -0.2) is 0 Å². The highest BCUT2D eigenvalue weighted by molar-refractivity contribution is 9.10. The van der Waals surface area contributed by atoms with Crippen molar-refractivity contribution in [1.82, 2.24) is 9.80 Å². The number of benzene rings is 1. The van der Waals surface area contributed by atoms with Crippen molar-refractivity contribution in [3.05, 3.63) is 22.7 Å². The van der Waals surface area contributed by atoms with Gasteiger partial charge in [-0.05, 0) is 25.2 Å². The van der Waals surface area contributed by atoms with E-state index in [1.807, 2.05) is 18.2 Å². The molecule has 4 nitrogen and oxygen atoms in total. The minimum absolute atomic E-state index is 0.802. The van der Waals surface area contributed by atoms with Crippen molar-refractivity contribution in [2.24, 2.45) is 0 Å². The predicted octanol–water partition coefficient (Wildman–Crippen LogP) is 1.69. The van der Waals surface area contributed by atoms with Crippen molar-refractivity contribution in [3.63, 3.8) is 0 Å². The molecular weight excluding hydrogens is 292 g/mol. The van der Waals surface area contributed by atoms with E-state index in [0.717, 1.165) is 42.0 Å². The van der Waals surface area contributed by atoms with Gasteiger partial charge in [-0.1, -0.05) is 15.9 Å². The van der Waals surface area contributed by atoms with Crippen LogP contribution in [0.15, 0.2) is 22.7 Å². The van der Waals surface area contributed by atoms with Crippen molar-refractivity contribution < 1.29 is 0 Å². The second kappa shape index (κ2) is 6.41. The Hall–Kier alpha value is -0.780. The van der Waals surface area contributed by atoms with E-state index < -0.39 is 0 Å². The van der Waals surface area contributed by atoms with E-state index in [4.69, 9.17) is 5.73 Å². The third-order valence-corrected chi connectivity index (χ3v) is 3.85. The summed E-state index contributed by atoms with van der Waals surface area (Å²) in [4.78, 5) is 4.86. The minimum atomic E-state index is 0.802. The second-order valence-corrected chi connectivity index (χ2v) is 5.72. The molecule has 1 heterocycles. The fourth-order valence-corrected chi connectivity index (χ4v) is 2.46. The quantitative estimate of drug-likeness (QED) is 0.831. The molecule has 0 aliphatic carbocycles. The van der Waals surface area contributed by atoms with Gasteiger partial charge in [-0.3, -0.25) is 4.90 Å².